The molecule has 2 rings (SSSR count). The number of rotatable bonds is 37. The van der Waals surface area contributed by atoms with Crippen LogP contribution in [-0.4, -0.2) is 142 Å². The van der Waals surface area contributed by atoms with Gasteiger partial charge in [-0.3, -0.25) is 4.79 Å². The van der Waals surface area contributed by atoms with Gasteiger partial charge in [-0.25, -0.2) is 0 Å². The molecule has 0 radical (unpaired) electrons. The van der Waals surface area contributed by atoms with Crippen LogP contribution in [0.15, 0.2) is 12.2 Å². The Morgan fingerprint density at radius 1 is 0.533 bits per heavy atom. The minimum absolute atomic E-state index is 0.0637. The van der Waals surface area contributed by atoms with Crippen LogP contribution in [-0.2, 0) is 33.2 Å². The van der Waals surface area contributed by atoms with E-state index in [1.54, 1.807) is 0 Å². The van der Waals surface area contributed by atoms with Crippen molar-refractivity contribution in [3.63, 3.8) is 0 Å². The third-order valence-corrected chi connectivity index (χ3v) is 11.5. The van der Waals surface area contributed by atoms with Crippen molar-refractivity contribution in [2.75, 3.05) is 33.0 Å². The molecule has 354 valence electrons. The summed E-state index contributed by atoms with van der Waals surface area (Å²) in [5.41, 5.74) is 0. The van der Waals surface area contributed by atoms with E-state index in [0.717, 1.165) is 44.9 Å². The van der Waals surface area contributed by atoms with E-state index in [9.17, 15) is 40.5 Å². The molecule has 2 fully saturated rings. The van der Waals surface area contributed by atoms with Crippen LogP contribution >= 0.6 is 0 Å². The predicted molar refractivity (Wildman–Crippen MR) is 229 cm³/mol. The van der Waals surface area contributed by atoms with E-state index in [1.165, 1.54) is 103 Å². The summed E-state index contributed by atoms with van der Waals surface area (Å²) in [6.07, 6.45) is 17.2. The van der Waals surface area contributed by atoms with Crippen LogP contribution < -0.4 is 0 Å². The molecule has 0 aromatic carbocycles. The number of hydrogen-bond donors (Lipinski definition) is 7. The molecule has 14 nitrogen and oxygen atoms in total. The first kappa shape index (κ1) is 54.9. The second-order valence-electron chi connectivity index (χ2n) is 16.9. The van der Waals surface area contributed by atoms with Gasteiger partial charge in [-0.1, -0.05) is 142 Å². The number of hydrogen-bond acceptors (Lipinski definition) is 14. The van der Waals surface area contributed by atoms with E-state index in [-0.39, 0.29) is 25.6 Å². The molecule has 0 amide bonds. The molecular formula is C46H86O14. The third-order valence-electron chi connectivity index (χ3n) is 11.5. The summed E-state index contributed by atoms with van der Waals surface area (Å²) in [6.45, 7) is 3.66. The number of carbonyl (C=O) groups is 1. The predicted octanol–water partition coefficient (Wildman–Crippen LogP) is 5.90. The van der Waals surface area contributed by atoms with Crippen LogP contribution in [0.2, 0.25) is 0 Å². The Hall–Kier alpha value is -1.27. The zero-order chi connectivity index (χ0) is 43.8. The molecule has 60 heavy (non-hydrogen) atoms. The minimum Gasteiger partial charge on any atom is -0.457 e. The zero-order valence-corrected chi connectivity index (χ0v) is 37.2. The Labute approximate surface area is 361 Å². The van der Waals surface area contributed by atoms with Crippen molar-refractivity contribution >= 4 is 5.97 Å². The smallest absolute Gasteiger partial charge is 0.306 e. The zero-order valence-electron chi connectivity index (χ0n) is 37.2. The lowest BCUT2D eigenvalue weighted by Gasteiger charge is -2.42. The Kier molecular flexibility index (Phi) is 32.1. The molecule has 0 aromatic heterocycles. The van der Waals surface area contributed by atoms with Gasteiger partial charge in [-0.2, -0.15) is 0 Å². The first-order valence-corrected chi connectivity index (χ1v) is 23.8. The van der Waals surface area contributed by atoms with Crippen molar-refractivity contribution in [2.45, 2.75) is 242 Å². The van der Waals surface area contributed by atoms with E-state index in [1.807, 2.05) is 0 Å². The molecule has 2 saturated heterocycles. The van der Waals surface area contributed by atoms with Gasteiger partial charge in [0.15, 0.2) is 12.6 Å². The highest BCUT2D eigenvalue weighted by atomic mass is 16.7. The number of aliphatic hydroxyl groups excluding tert-OH is 7. The normalized spacial score (nSPS) is 27.8. The molecular weight excluding hydrogens is 776 g/mol. The van der Waals surface area contributed by atoms with E-state index in [0.29, 0.717) is 13.0 Å². The Morgan fingerprint density at radius 2 is 0.983 bits per heavy atom. The molecule has 2 aliphatic rings. The van der Waals surface area contributed by atoms with Crippen LogP contribution in [0.3, 0.4) is 0 Å². The average Bonchev–Trinajstić information content (AvgIpc) is 3.24. The van der Waals surface area contributed by atoms with E-state index >= 15 is 0 Å². The number of unbranched alkanes of at least 4 members (excludes halogenated alkanes) is 21. The topological polar surface area (TPSA) is 214 Å². The molecule has 2 aliphatic heterocycles. The Balaban J connectivity index is 1.76. The second-order valence-corrected chi connectivity index (χ2v) is 16.9. The molecule has 2 heterocycles. The molecule has 0 spiro atoms. The standard InChI is InChI=1S/C46H86O14/c1-3-5-7-9-11-13-14-15-16-17-18-19-20-21-22-23-25-27-29-38(48)58-35(32-55-30-28-26-24-12-10-8-6-4-2)33-56-45-44(54)42(52)40(50)37(60-45)34-57-46-43(53)41(51)39(49)36(31-47)59-46/h16-17,35-37,39-47,49-54H,3-15,18-34H2,1-2H3/b17-16-. The van der Waals surface area contributed by atoms with E-state index < -0.39 is 80.7 Å². The van der Waals surface area contributed by atoms with Gasteiger partial charge in [-0.05, 0) is 38.5 Å². The molecule has 11 atom stereocenters. The molecule has 7 N–H and O–H groups in total. The molecule has 0 bridgehead atoms. The van der Waals surface area contributed by atoms with Crippen molar-refractivity contribution in [1.29, 1.82) is 0 Å². The van der Waals surface area contributed by atoms with E-state index in [4.69, 9.17) is 28.4 Å². The van der Waals surface area contributed by atoms with Crippen molar-refractivity contribution < 1.29 is 69.0 Å². The summed E-state index contributed by atoms with van der Waals surface area (Å²) in [4.78, 5) is 12.9. The van der Waals surface area contributed by atoms with Crippen LogP contribution in [0, 0.1) is 0 Å². The van der Waals surface area contributed by atoms with Crippen molar-refractivity contribution in [2.24, 2.45) is 0 Å². The van der Waals surface area contributed by atoms with Crippen molar-refractivity contribution in [1.82, 2.24) is 0 Å². The van der Waals surface area contributed by atoms with Gasteiger partial charge in [0.05, 0.1) is 26.4 Å². The average molecular weight is 863 g/mol. The Morgan fingerprint density at radius 3 is 1.52 bits per heavy atom. The molecule has 0 saturated carbocycles. The maximum atomic E-state index is 12.9. The number of esters is 1. The molecule has 0 aliphatic carbocycles. The first-order chi connectivity index (χ1) is 29.1. The van der Waals surface area contributed by atoms with Gasteiger partial charge < -0.3 is 64.2 Å². The van der Waals surface area contributed by atoms with Gasteiger partial charge in [0.2, 0.25) is 0 Å². The second kappa shape index (κ2) is 35.1. The quantitative estimate of drug-likeness (QED) is 0.0220. The number of ether oxygens (including phenoxy) is 6. The summed E-state index contributed by atoms with van der Waals surface area (Å²) in [7, 11) is 0. The summed E-state index contributed by atoms with van der Waals surface area (Å²) in [5.74, 6) is -0.381. The molecule has 0 aromatic rings. The monoisotopic (exact) mass is 863 g/mol. The molecule has 14 heteroatoms. The van der Waals surface area contributed by atoms with Crippen molar-refractivity contribution in [3.05, 3.63) is 12.2 Å². The first-order valence-electron chi connectivity index (χ1n) is 23.8. The highest BCUT2D eigenvalue weighted by molar-refractivity contribution is 5.69. The highest BCUT2D eigenvalue weighted by Gasteiger charge is 2.47. The summed E-state index contributed by atoms with van der Waals surface area (Å²) in [5, 5.41) is 71.8. The highest BCUT2D eigenvalue weighted by Crippen LogP contribution is 2.26. The van der Waals surface area contributed by atoms with Gasteiger partial charge in [0, 0.05) is 13.0 Å². The summed E-state index contributed by atoms with van der Waals surface area (Å²) >= 11 is 0. The third kappa shape index (κ3) is 23.4. The van der Waals surface area contributed by atoms with Gasteiger partial charge in [0.25, 0.3) is 0 Å². The fourth-order valence-corrected chi connectivity index (χ4v) is 7.57. The fourth-order valence-electron chi connectivity index (χ4n) is 7.57. The minimum atomic E-state index is -1.70. The van der Waals surface area contributed by atoms with Gasteiger partial charge in [0.1, 0.15) is 54.9 Å². The summed E-state index contributed by atoms with van der Waals surface area (Å²) in [6, 6.07) is 0. The van der Waals surface area contributed by atoms with Crippen LogP contribution in [0.25, 0.3) is 0 Å². The fraction of sp³-hybridized carbons (Fsp3) is 0.935. The lowest BCUT2D eigenvalue weighted by atomic mass is 9.98. The van der Waals surface area contributed by atoms with Crippen molar-refractivity contribution in [3.8, 4) is 0 Å². The van der Waals surface area contributed by atoms with Gasteiger partial charge >= 0.3 is 5.97 Å². The number of aliphatic hydroxyl groups is 7. The van der Waals surface area contributed by atoms with Crippen LogP contribution in [0.1, 0.15) is 174 Å². The maximum absolute atomic E-state index is 12.9. The number of allylic oxidation sites excluding steroid dienone is 2. The van der Waals surface area contributed by atoms with Crippen LogP contribution in [0.4, 0.5) is 0 Å². The lowest BCUT2D eigenvalue weighted by molar-refractivity contribution is -0.332. The molecule has 11 unspecified atom stereocenters. The largest absolute Gasteiger partial charge is 0.457 e. The Bertz CT molecular complexity index is 1050. The lowest BCUT2D eigenvalue weighted by Crippen LogP contribution is -2.61. The summed E-state index contributed by atoms with van der Waals surface area (Å²) < 4.78 is 34.1. The van der Waals surface area contributed by atoms with E-state index in [2.05, 4.69) is 26.0 Å². The SMILES string of the molecule is CCCCCCCCC/C=C\CCCCCCCCCC(=O)OC(COCCCCCCCCCC)COC1OC(COC2OC(CO)C(O)C(O)C2O)C(O)C(O)C1O. The number of carbonyl (C=O) groups excluding carboxylic acids is 1. The maximum Gasteiger partial charge on any atom is 0.306 e. The van der Waals surface area contributed by atoms with Gasteiger partial charge in [-0.15, -0.1) is 0 Å². The van der Waals surface area contributed by atoms with Crippen LogP contribution in [0.5, 0.6) is 0 Å².